The number of para-hydroxylation sites is 1. The van der Waals surface area contributed by atoms with Gasteiger partial charge in [0.1, 0.15) is 5.75 Å². The Balaban J connectivity index is 1.91. The molecule has 0 atom stereocenters. The van der Waals surface area contributed by atoms with Crippen molar-refractivity contribution >= 4 is 23.9 Å². The maximum absolute atomic E-state index is 12.1. The van der Waals surface area contributed by atoms with E-state index in [1.807, 2.05) is 54.6 Å². The van der Waals surface area contributed by atoms with Crippen LogP contribution in [0.25, 0.3) is 6.08 Å². The summed E-state index contributed by atoms with van der Waals surface area (Å²) in [6.45, 7) is 6.09. The van der Waals surface area contributed by atoms with Gasteiger partial charge < -0.3 is 9.64 Å². The van der Waals surface area contributed by atoms with Crippen LogP contribution in [0.3, 0.4) is 0 Å². The lowest BCUT2D eigenvalue weighted by molar-refractivity contribution is 0.0955. The minimum absolute atomic E-state index is 0.238. The van der Waals surface area contributed by atoms with Crippen molar-refractivity contribution in [3.05, 3.63) is 65.7 Å². The summed E-state index contributed by atoms with van der Waals surface area (Å²) in [6.07, 6.45) is 5.16. The molecule has 0 aliphatic rings. The highest BCUT2D eigenvalue weighted by Crippen LogP contribution is 2.18. The number of benzene rings is 2. The molecule has 136 valence electrons. The van der Waals surface area contributed by atoms with E-state index < -0.39 is 0 Å². The molecule has 0 saturated heterocycles. The highest BCUT2D eigenvalue weighted by molar-refractivity contribution is 5.95. The molecule has 0 fully saturated rings. The van der Waals surface area contributed by atoms with Crippen LogP contribution in [0.5, 0.6) is 5.75 Å². The molecule has 0 radical (unpaired) electrons. The molecule has 2 rings (SSSR count). The molecule has 0 aliphatic carbocycles. The maximum Gasteiger partial charge on any atom is 0.271 e. The number of carbonyl (C=O) groups is 1. The predicted molar refractivity (Wildman–Crippen MR) is 108 cm³/mol. The van der Waals surface area contributed by atoms with Crippen molar-refractivity contribution in [2.75, 3.05) is 25.1 Å². The summed E-state index contributed by atoms with van der Waals surface area (Å²) in [5.74, 6) is 0.549. The standard InChI is InChI=1S/C21H25N3O2/c1-4-24(5-2)19-14-12-18(13-15-19)21(25)23-22-16-8-10-17-9-6-7-11-20(17)26-3/h6-16H,4-5H2,1-3H3,(H,23,25)/b10-8+,22-16+. The normalized spacial score (nSPS) is 11.0. The van der Waals surface area contributed by atoms with Gasteiger partial charge in [-0.2, -0.15) is 5.10 Å². The van der Waals surface area contributed by atoms with E-state index in [9.17, 15) is 4.79 Å². The number of hydrazone groups is 1. The molecule has 0 aliphatic heterocycles. The molecule has 2 aromatic rings. The molecular formula is C21H25N3O2. The minimum Gasteiger partial charge on any atom is -0.496 e. The molecule has 0 aromatic heterocycles. The SMILES string of the molecule is CCN(CC)c1ccc(C(=O)N/N=C/C=C/c2ccccc2OC)cc1. The number of amides is 1. The second kappa shape index (κ2) is 10.0. The summed E-state index contributed by atoms with van der Waals surface area (Å²) in [5.41, 5.74) is 5.15. The van der Waals surface area contributed by atoms with Crippen LogP contribution in [-0.4, -0.2) is 32.3 Å². The van der Waals surface area contributed by atoms with Crippen molar-refractivity contribution in [2.24, 2.45) is 5.10 Å². The molecule has 5 heteroatoms. The third-order valence-electron chi connectivity index (χ3n) is 4.00. The van der Waals surface area contributed by atoms with E-state index in [0.29, 0.717) is 5.56 Å². The average molecular weight is 351 g/mol. The van der Waals surface area contributed by atoms with Gasteiger partial charge >= 0.3 is 0 Å². The molecule has 1 N–H and O–H groups in total. The summed E-state index contributed by atoms with van der Waals surface area (Å²) in [4.78, 5) is 14.3. The van der Waals surface area contributed by atoms with Gasteiger partial charge in [0.05, 0.1) is 7.11 Å². The first-order valence-electron chi connectivity index (χ1n) is 8.67. The molecular weight excluding hydrogens is 326 g/mol. The summed E-state index contributed by atoms with van der Waals surface area (Å²) < 4.78 is 5.27. The van der Waals surface area contributed by atoms with Gasteiger partial charge in [-0.3, -0.25) is 4.79 Å². The van der Waals surface area contributed by atoms with Crippen LogP contribution in [0, 0.1) is 0 Å². The van der Waals surface area contributed by atoms with E-state index in [1.165, 1.54) is 6.21 Å². The van der Waals surface area contributed by atoms with Crippen LogP contribution in [0.2, 0.25) is 0 Å². The number of nitrogens with zero attached hydrogens (tertiary/aromatic N) is 2. The van der Waals surface area contributed by atoms with Crippen molar-refractivity contribution in [1.82, 2.24) is 5.43 Å². The third-order valence-corrected chi connectivity index (χ3v) is 4.00. The minimum atomic E-state index is -0.238. The second-order valence-corrected chi connectivity index (χ2v) is 5.54. The molecule has 0 saturated carbocycles. The van der Waals surface area contributed by atoms with Crippen molar-refractivity contribution in [1.29, 1.82) is 0 Å². The van der Waals surface area contributed by atoms with Crippen LogP contribution in [-0.2, 0) is 0 Å². The highest BCUT2D eigenvalue weighted by atomic mass is 16.5. The van der Waals surface area contributed by atoms with E-state index in [0.717, 1.165) is 30.1 Å². The zero-order valence-electron chi connectivity index (χ0n) is 15.5. The first kappa shape index (κ1) is 19.2. The molecule has 2 aromatic carbocycles. The van der Waals surface area contributed by atoms with Gasteiger partial charge in [0.15, 0.2) is 0 Å². The summed E-state index contributed by atoms with van der Waals surface area (Å²) in [6, 6.07) is 15.2. The number of hydrogen-bond acceptors (Lipinski definition) is 4. The Morgan fingerprint density at radius 3 is 2.46 bits per heavy atom. The lowest BCUT2D eigenvalue weighted by atomic mass is 10.2. The Labute approximate surface area is 155 Å². The lowest BCUT2D eigenvalue weighted by Gasteiger charge is -2.20. The summed E-state index contributed by atoms with van der Waals surface area (Å²) in [7, 11) is 1.63. The average Bonchev–Trinajstić information content (AvgIpc) is 2.69. The Hall–Kier alpha value is -3.08. The largest absolute Gasteiger partial charge is 0.496 e. The zero-order chi connectivity index (χ0) is 18.8. The molecule has 0 bridgehead atoms. The highest BCUT2D eigenvalue weighted by Gasteiger charge is 2.06. The van der Waals surface area contributed by atoms with Gasteiger partial charge in [0.2, 0.25) is 0 Å². The van der Waals surface area contributed by atoms with Crippen LogP contribution in [0.4, 0.5) is 5.69 Å². The van der Waals surface area contributed by atoms with Crippen LogP contribution in [0.15, 0.2) is 59.7 Å². The Bertz CT molecular complexity index is 763. The monoisotopic (exact) mass is 351 g/mol. The Kier molecular flexibility index (Phi) is 7.43. The van der Waals surface area contributed by atoms with Crippen LogP contribution >= 0.6 is 0 Å². The van der Waals surface area contributed by atoms with Crippen molar-refractivity contribution in [3.63, 3.8) is 0 Å². The number of carbonyl (C=O) groups excluding carboxylic acids is 1. The maximum atomic E-state index is 12.1. The second-order valence-electron chi connectivity index (χ2n) is 5.54. The number of rotatable bonds is 8. The zero-order valence-corrected chi connectivity index (χ0v) is 15.5. The smallest absolute Gasteiger partial charge is 0.271 e. The topological polar surface area (TPSA) is 53.9 Å². The number of methoxy groups -OCH3 is 1. The van der Waals surface area contributed by atoms with Gasteiger partial charge in [-0.05, 0) is 56.3 Å². The number of hydrogen-bond donors (Lipinski definition) is 1. The van der Waals surface area contributed by atoms with E-state index >= 15 is 0 Å². The Morgan fingerprint density at radius 1 is 1.12 bits per heavy atom. The van der Waals surface area contributed by atoms with Crippen molar-refractivity contribution in [3.8, 4) is 5.75 Å². The van der Waals surface area contributed by atoms with Gasteiger partial charge in [0.25, 0.3) is 5.91 Å². The fourth-order valence-electron chi connectivity index (χ4n) is 2.57. The van der Waals surface area contributed by atoms with Crippen molar-refractivity contribution < 1.29 is 9.53 Å². The molecule has 26 heavy (non-hydrogen) atoms. The Morgan fingerprint density at radius 2 is 1.81 bits per heavy atom. The first-order valence-corrected chi connectivity index (χ1v) is 8.67. The van der Waals surface area contributed by atoms with Crippen LogP contribution < -0.4 is 15.1 Å². The van der Waals surface area contributed by atoms with E-state index in [-0.39, 0.29) is 5.91 Å². The van der Waals surface area contributed by atoms with Gasteiger partial charge in [-0.15, -0.1) is 0 Å². The quantitative estimate of drug-likeness (QED) is 0.578. The van der Waals surface area contributed by atoms with E-state index in [1.54, 1.807) is 13.2 Å². The number of allylic oxidation sites excluding steroid dienone is 1. The van der Waals surface area contributed by atoms with Crippen molar-refractivity contribution in [2.45, 2.75) is 13.8 Å². The fraction of sp³-hybridized carbons (Fsp3) is 0.238. The molecule has 1 amide bonds. The summed E-state index contributed by atoms with van der Waals surface area (Å²) >= 11 is 0. The number of anilines is 1. The van der Waals surface area contributed by atoms with Gasteiger partial charge in [-0.1, -0.05) is 18.2 Å². The number of ether oxygens (including phenoxy) is 1. The van der Waals surface area contributed by atoms with Gasteiger partial charge in [-0.25, -0.2) is 5.43 Å². The van der Waals surface area contributed by atoms with E-state index in [4.69, 9.17) is 4.74 Å². The molecule has 0 spiro atoms. The number of nitrogens with one attached hydrogen (secondary N) is 1. The lowest BCUT2D eigenvalue weighted by Crippen LogP contribution is -2.22. The fourth-order valence-corrected chi connectivity index (χ4v) is 2.57. The summed E-state index contributed by atoms with van der Waals surface area (Å²) in [5, 5.41) is 3.95. The predicted octanol–water partition coefficient (Wildman–Crippen LogP) is 3.97. The molecule has 0 heterocycles. The molecule has 5 nitrogen and oxygen atoms in total. The van der Waals surface area contributed by atoms with Crippen LogP contribution in [0.1, 0.15) is 29.8 Å². The molecule has 0 unspecified atom stereocenters. The van der Waals surface area contributed by atoms with E-state index in [2.05, 4.69) is 29.3 Å². The van der Waals surface area contributed by atoms with Gasteiger partial charge in [0, 0.05) is 36.1 Å². The first-order chi connectivity index (χ1) is 12.7. The third kappa shape index (κ3) is 5.21.